The van der Waals surface area contributed by atoms with Crippen molar-refractivity contribution in [2.45, 2.75) is 19.3 Å². The summed E-state index contributed by atoms with van der Waals surface area (Å²) in [5, 5.41) is 0. The van der Waals surface area contributed by atoms with E-state index in [-0.39, 0.29) is 0 Å². The Morgan fingerprint density at radius 3 is 2.33 bits per heavy atom. The molecule has 0 spiro atoms. The van der Waals surface area contributed by atoms with E-state index in [1.165, 1.54) is 19.3 Å². The summed E-state index contributed by atoms with van der Waals surface area (Å²) < 4.78 is 0. The molecule has 0 atom stereocenters. The van der Waals surface area contributed by atoms with Crippen LogP contribution >= 0.6 is 0 Å². The fourth-order valence-electron chi connectivity index (χ4n) is 1.56. The molecule has 3 aliphatic rings. The summed E-state index contributed by atoms with van der Waals surface area (Å²) in [5.74, 6) is 2.20. The van der Waals surface area contributed by atoms with Gasteiger partial charge < -0.3 is 0 Å². The van der Waals surface area contributed by atoms with Crippen molar-refractivity contribution < 1.29 is 0 Å². The molecule has 0 aliphatic heterocycles. The molecule has 3 fully saturated rings. The van der Waals surface area contributed by atoms with Crippen molar-refractivity contribution >= 4 is 0 Å². The molecule has 3 saturated carbocycles. The molecule has 0 aromatic carbocycles. The van der Waals surface area contributed by atoms with E-state index in [2.05, 4.69) is 6.42 Å². The summed E-state index contributed by atoms with van der Waals surface area (Å²) in [6.45, 7) is 0. The molecule has 0 nitrogen and oxygen atoms in total. The van der Waals surface area contributed by atoms with Gasteiger partial charge in [-0.1, -0.05) is 0 Å². The Kier molecular flexibility index (Phi) is 0.408. The van der Waals surface area contributed by atoms with Gasteiger partial charge in [0.2, 0.25) is 0 Å². The third-order valence-corrected chi connectivity index (χ3v) is 2.07. The molecule has 0 heteroatoms. The maximum absolute atomic E-state index is 2.48. The van der Waals surface area contributed by atoms with Gasteiger partial charge in [0.25, 0.3) is 0 Å². The molecule has 2 bridgehead atoms. The summed E-state index contributed by atoms with van der Waals surface area (Å²) in [7, 11) is 0. The van der Waals surface area contributed by atoms with Crippen LogP contribution in [0.2, 0.25) is 0 Å². The van der Waals surface area contributed by atoms with Crippen LogP contribution in [-0.2, 0) is 0 Å². The highest BCUT2D eigenvalue weighted by atomic mass is 14.4. The van der Waals surface area contributed by atoms with Gasteiger partial charge in [0.1, 0.15) is 0 Å². The third kappa shape index (κ3) is 0.213. The first kappa shape index (κ1) is 3.06. The highest BCUT2D eigenvalue weighted by molar-refractivity contribution is 4.99. The molecule has 1 radical (unpaired) electrons. The second-order valence-corrected chi connectivity index (χ2v) is 2.57. The zero-order valence-corrected chi connectivity index (χ0v) is 3.85. The van der Waals surface area contributed by atoms with E-state index >= 15 is 0 Å². The standard InChI is InChI=1S/C6H9/c1-2-6-3-5(1)4-6/h1,5-6H,2-4H2. The first-order valence-electron chi connectivity index (χ1n) is 2.78. The van der Waals surface area contributed by atoms with E-state index in [9.17, 15) is 0 Å². The van der Waals surface area contributed by atoms with Crippen molar-refractivity contribution in [1.82, 2.24) is 0 Å². The monoisotopic (exact) mass is 81.1 g/mol. The number of rotatable bonds is 0. The highest BCUT2D eigenvalue weighted by Gasteiger charge is 2.35. The molecule has 0 heterocycles. The third-order valence-electron chi connectivity index (χ3n) is 2.07. The second-order valence-electron chi connectivity index (χ2n) is 2.57. The van der Waals surface area contributed by atoms with E-state index in [0.717, 1.165) is 11.8 Å². The van der Waals surface area contributed by atoms with Gasteiger partial charge >= 0.3 is 0 Å². The maximum Gasteiger partial charge on any atom is -0.0352 e. The van der Waals surface area contributed by atoms with Crippen LogP contribution < -0.4 is 0 Å². The molecule has 0 amide bonds. The molecule has 3 aliphatic carbocycles. The van der Waals surface area contributed by atoms with Crippen LogP contribution in [0.25, 0.3) is 0 Å². The van der Waals surface area contributed by atoms with Gasteiger partial charge in [-0.05, 0) is 37.5 Å². The van der Waals surface area contributed by atoms with Crippen molar-refractivity contribution in [2.24, 2.45) is 11.8 Å². The average Bonchev–Trinajstić information content (AvgIpc) is 1.72. The molecule has 6 heavy (non-hydrogen) atoms. The molecule has 0 saturated heterocycles. The summed E-state index contributed by atoms with van der Waals surface area (Å²) >= 11 is 0. The van der Waals surface area contributed by atoms with Crippen molar-refractivity contribution in [3.63, 3.8) is 0 Å². The Morgan fingerprint density at radius 1 is 1.33 bits per heavy atom. The number of hydrogen-bond donors (Lipinski definition) is 0. The van der Waals surface area contributed by atoms with Gasteiger partial charge in [-0.3, -0.25) is 0 Å². The lowest BCUT2D eigenvalue weighted by Gasteiger charge is -2.21. The van der Waals surface area contributed by atoms with Crippen LogP contribution in [-0.4, -0.2) is 0 Å². The topological polar surface area (TPSA) is 0 Å². The summed E-state index contributed by atoms with van der Waals surface area (Å²) in [6, 6.07) is 0. The van der Waals surface area contributed by atoms with E-state index in [1.807, 2.05) is 0 Å². The molecule has 0 aromatic rings. The van der Waals surface area contributed by atoms with E-state index < -0.39 is 0 Å². The minimum absolute atomic E-state index is 1.06. The largest absolute Gasteiger partial charge is 0.0473 e. The minimum Gasteiger partial charge on any atom is -0.0473 e. The number of hydrogen-bond acceptors (Lipinski definition) is 0. The Balaban J connectivity index is 2.16. The second kappa shape index (κ2) is 0.800. The zero-order chi connectivity index (χ0) is 3.98. The predicted molar refractivity (Wildman–Crippen MR) is 25.1 cm³/mol. The van der Waals surface area contributed by atoms with Gasteiger partial charge in [0.15, 0.2) is 0 Å². The van der Waals surface area contributed by atoms with Crippen LogP contribution in [0, 0.1) is 18.3 Å². The van der Waals surface area contributed by atoms with Gasteiger partial charge in [-0.15, -0.1) is 0 Å². The van der Waals surface area contributed by atoms with Crippen LogP contribution in [0.5, 0.6) is 0 Å². The first-order chi connectivity index (χ1) is 2.95. The SMILES string of the molecule is [CH]1CC2CC1C2. The van der Waals surface area contributed by atoms with E-state index in [1.54, 1.807) is 0 Å². The molecule has 33 valence electrons. The van der Waals surface area contributed by atoms with E-state index in [4.69, 9.17) is 0 Å². The fourth-order valence-corrected chi connectivity index (χ4v) is 1.56. The Morgan fingerprint density at radius 2 is 2.17 bits per heavy atom. The average molecular weight is 81.1 g/mol. The summed E-state index contributed by atoms with van der Waals surface area (Å²) in [4.78, 5) is 0. The van der Waals surface area contributed by atoms with Crippen LogP contribution in [0.4, 0.5) is 0 Å². The minimum atomic E-state index is 1.06. The van der Waals surface area contributed by atoms with Gasteiger partial charge in [-0.25, -0.2) is 0 Å². The molecular formula is C6H9. The van der Waals surface area contributed by atoms with Crippen molar-refractivity contribution in [2.75, 3.05) is 0 Å². The maximum atomic E-state index is 2.48. The molecule has 0 aromatic heterocycles. The van der Waals surface area contributed by atoms with Crippen LogP contribution in [0.15, 0.2) is 0 Å². The first-order valence-corrected chi connectivity index (χ1v) is 2.78. The van der Waals surface area contributed by atoms with Gasteiger partial charge in [0, 0.05) is 0 Å². The van der Waals surface area contributed by atoms with Crippen molar-refractivity contribution in [3.05, 3.63) is 6.42 Å². The highest BCUT2D eigenvalue weighted by Crippen LogP contribution is 2.47. The van der Waals surface area contributed by atoms with Crippen LogP contribution in [0.3, 0.4) is 0 Å². The lowest BCUT2D eigenvalue weighted by atomic mass is 9.85. The van der Waals surface area contributed by atoms with Gasteiger partial charge in [0.05, 0.1) is 0 Å². The Bertz CT molecular complexity index is 46.9. The molecule has 3 rings (SSSR count). The lowest BCUT2D eigenvalue weighted by Crippen LogP contribution is -2.10. The summed E-state index contributed by atoms with van der Waals surface area (Å²) in [5.41, 5.74) is 0. The Hall–Kier alpha value is 0. The van der Waals surface area contributed by atoms with Gasteiger partial charge in [-0.2, -0.15) is 0 Å². The summed E-state index contributed by atoms with van der Waals surface area (Å²) in [6.07, 6.45) is 6.97. The lowest BCUT2D eigenvalue weighted by molar-refractivity contribution is 0.315. The Labute approximate surface area is 38.6 Å². The molecule has 0 N–H and O–H groups in total. The molecule has 0 unspecified atom stereocenters. The zero-order valence-electron chi connectivity index (χ0n) is 3.85. The molecular weight excluding hydrogens is 72.1 g/mol. The smallest absolute Gasteiger partial charge is 0.0352 e. The van der Waals surface area contributed by atoms with Crippen molar-refractivity contribution in [3.8, 4) is 0 Å². The van der Waals surface area contributed by atoms with Crippen molar-refractivity contribution in [1.29, 1.82) is 0 Å². The normalized spacial score (nSPS) is 52.0. The quantitative estimate of drug-likeness (QED) is 0.415. The fraction of sp³-hybridized carbons (Fsp3) is 0.833. The van der Waals surface area contributed by atoms with Crippen LogP contribution in [0.1, 0.15) is 19.3 Å². The van der Waals surface area contributed by atoms with E-state index in [0.29, 0.717) is 0 Å². The predicted octanol–water partition coefficient (Wildman–Crippen LogP) is 1.62. The number of fused-ring (bicyclic) bond motifs is 1.